The number of nitrogens with zero attached hydrogens (tertiary/aromatic N) is 2. The Hall–Kier alpha value is -2.71. The quantitative estimate of drug-likeness (QED) is 0.428. The predicted octanol–water partition coefficient (Wildman–Crippen LogP) is 3.71. The highest BCUT2D eigenvalue weighted by Crippen LogP contribution is 2.16. The molecule has 2 aromatic rings. The molecule has 8 heteroatoms. The molecule has 0 aliphatic rings. The molecule has 0 saturated heterocycles. The van der Waals surface area contributed by atoms with Crippen molar-refractivity contribution in [3.05, 3.63) is 66.2 Å². The van der Waals surface area contributed by atoms with Gasteiger partial charge in [0.05, 0.1) is 4.90 Å². The van der Waals surface area contributed by atoms with Gasteiger partial charge in [-0.1, -0.05) is 69.3 Å². The highest BCUT2D eigenvalue weighted by Gasteiger charge is 2.28. The van der Waals surface area contributed by atoms with Crippen LogP contribution >= 0.6 is 0 Å². The van der Waals surface area contributed by atoms with E-state index in [2.05, 4.69) is 5.32 Å². The molecule has 0 radical (unpaired) electrons. The molecule has 1 atom stereocenters. The average molecular weight is 502 g/mol. The van der Waals surface area contributed by atoms with Crippen molar-refractivity contribution >= 4 is 21.8 Å². The highest BCUT2D eigenvalue weighted by atomic mass is 32.2. The van der Waals surface area contributed by atoms with E-state index in [0.29, 0.717) is 38.3 Å². The van der Waals surface area contributed by atoms with Crippen LogP contribution in [0.4, 0.5) is 0 Å². The van der Waals surface area contributed by atoms with Crippen LogP contribution in [0.2, 0.25) is 0 Å². The number of sulfonamides is 1. The number of carbonyl (C=O) groups excluding carboxylic acids is 2. The first kappa shape index (κ1) is 28.5. The maximum atomic E-state index is 13.3. The largest absolute Gasteiger partial charge is 0.354 e. The van der Waals surface area contributed by atoms with Gasteiger partial charge < -0.3 is 10.2 Å². The summed E-state index contributed by atoms with van der Waals surface area (Å²) in [6.07, 6.45) is 1.68. The SMILES string of the molecule is CC[C@H](C(=O)NCC(C)C)N(CCc1ccccc1)C(=O)CCCN(C)S(=O)(=O)c1ccccc1. The van der Waals surface area contributed by atoms with Gasteiger partial charge >= 0.3 is 0 Å². The third-order valence-corrected chi connectivity index (χ3v) is 7.74. The van der Waals surface area contributed by atoms with Gasteiger partial charge in [-0.3, -0.25) is 9.59 Å². The van der Waals surface area contributed by atoms with Crippen LogP contribution in [0, 0.1) is 5.92 Å². The second-order valence-corrected chi connectivity index (χ2v) is 11.2. The first-order valence-corrected chi connectivity index (χ1v) is 13.7. The number of carbonyl (C=O) groups is 2. The minimum Gasteiger partial charge on any atom is -0.354 e. The Balaban J connectivity index is 2.06. The summed E-state index contributed by atoms with van der Waals surface area (Å²) in [6.45, 7) is 7.15. The lowest BCUT2D eigenvalue weighted by molar-refractivity contribution is -0.140. The van der Waals surface area contributed by atoms with Gasteiger partial charge in [0.15, 0.2) is 0 Å². The van der Waals surface area contributed by atoms with Crippen LogP contribution in [0.25, 0.3) is 0 Å². The van der Waals surface area contributed by atoms with Crippen LogP contribution in [-0.4, -0.2) is 62.2 Å². The van der Waals surface area contributed by atoms with E-state index in [4.69, 9.17) is 0 Å². The molecule has 0 aromatic heterocycles. The van der Waals surface area contributed by atoms with Gasteiger partial charge in [-0.15, -0.1) is 0 Å². The van der Waals surface area contributed by atoms with Crippen molar-refractivity contribution < 1.29 is 18.0 Å². The lowest BCUT2D eigenvalue weighted by Gasteiger charge is -2.31. The van der Waals surface area contributed by atoms with Crippen molar-refractivity contribution in [1.29, 1.82) is 0 Å². The van der Waals surface area contributed by atoms with Crippen molar-refractivity contribution in [3.63, 3.8) is 0 Å². The van der Waals surface area contributed by atoms with Crippen LogP contribution in [0.3, 0.4) is 0 Å². The average Bonchev–Trinajstić information content (AvgIpc) is 2.86. The maximum Gasteiger partial charge on any atom is 0.242 e. The summed E-state index contributed by atoms with van der Waals surface area (Å²) in [5.41, 5.74) is 1.09. The molecule has 0 aliphatic heterocycles. The minimum absolute atomic E-state index is 0.141. The molecular weight excluding hydrogens is 462 g/mol. The number of hydrogen-bond acceptors (Lipinski definition) is 4. The Kier molecular flexibility index (Phi) is 11.4. The van der Waals surface area contributed by atoms with E-state index < -0.39 is 16.1 Å². The van der Waals surface area contributed by atoms with E-state index in [1.807, 2.05) is 51.1 Å². The summed E-state index contributed by atoms with van der Waals surface area (Å²) >= 11 is 0. The van der Waals surface area contributed by atoms with Crippen molar-refractivity contribution in [2.24, 2.45) is 5.92 Å². The Bertz CT molecular complexity index is 1030. The summed E-state index contributed by atoms with van der Waals surface area (Å²) in [5, 5.41) is 2.96. The Morgan fingerprint density at radius 1 is 0.943 bits per heavy atom. The number of rotatable bonds is 14. The minimum atomic E-state index is -3.61. The highest BCUT2D eigenvalue weighted by molar-refractivity contribution is 7.89. The maximum absolute atomic E-state index is 13.3. The Labute approximate surface area is 210 Å². The number of benzene rings is 2. The van der Waals surface area contributed by atoms with Crippen LogP contribution < -0.4 is 5.32 Å². The molecule has 0 saturated carbocycles. The second-order valence-electron chi connectivity index (χ2n) is 9.13. The van der Waals surface area contributed by atoms with E-state index in [-0.39, 0.29) is 29.7 Å². The number of nitrogens with one attached hydrogen (secondary N) is 1. The van der Waals surface area contributed by atoms with Crippen LogP contribution in [-0.2, 0) is 26.0 Å². The summed E-state index contributed by atoms with van der Waals surface area (Å²) in [7, 11) is -2.09. The van der Waals surface area contributed by atoms with E-state index in [1.54, 1.807) is 35.2 Å². The van der Waals surface area contributed by atoms with Crippen LogP contribution in [0.1, 0.15) is 45.6 Å². The van der Waals surface area contributed by atoms with Gasteiger partial charge in [-0.05, 0) is 42.9 Å². The zero-order valence-electron chi connectivity index (χ0n) is 21.3. The third kappa shape index (κ3) is 8.78. The van der Waals surface area contributed by atoms with Gasteiger partial charge in [0.25, 0.3) is 0 Å². The molecule has 0 unspecified atom stereocenters. The summed E-state index contributed by atoms with van der Waals surface area (Å²) in [5.74, 6) is 0.0244. The molecule has 2 amide bonds. The van der Waals surface area contributed by atoms with Crippen LogP contribution in [0.5, 0.6) is 0 Å². The van der Waals surface area contributed by atoms with Gasteiger partial charge in [0, 0.05) is 33.1 Å². The lowest BCUT2D eigenvalue weighted by Crippen LogP contribution is -2.50. The molecule has 35 heavy (non-hydrogen) atoms. The smallest absolute Gasteiger partial charge is 0.242 e. The summed E-state index contributed by atoms with van der Waals surface area (Å²) < 4.78 is 26.8. The molecule has 0 aliphatic carbocycles. The number of hydrogen-bond donors (Lipinski definition) is 1. The second kappa shape index (κ2) is 14.0. The van der Waals surface area contributed by atoms with Crippen molar-refractivity contribution in [1.82, 2.24) is 14.5 Å². The molecule has 0 fully saturated rings. The Morgan fingerprint density at radius 3 is 2.11 bits per heavy atom. The van der Waals surface area contributed by atoms with E-state index >= 15 is 0 Å². The van der Waals surface area contributed by atoms with E-state index in [1.165, 1.54) is 11.4 Å². The Morgan fingerprint density at radius 2 is 1.54 bits per heavy atom. The summed E-state index contributed by atoms with van der Waals surface area (Å²) in [4.78, 5) is 28.1. The number of amides is 2. The summed E-state index contributed by atoms with van der Waals surface area (Å²) in [6, 6.07) is 17.6. The zero-order valence-corrected chi connectivity index (χ0v) is 22.1. The first-order valence-electron chi connectivity index (χ1n) is 12.3. The fourth-order valence-electron chi connectivity index (χ4n) is 3.81. The molecule has 7 nitrogen and oxygen atoms in total. The van der Waals surface area contributed by atoms with E-state index in [0.717, 1.165) is 5.56 Å². The van der Waals surface area contributed by atoms with Crippen molar-refractivity contribution in [2.75, 3.05) is 26.7 Å². The molecule has 192 valence electrons. The zero-order chi connectivity index (χ0) is 25.8. The molecule has 1 N–H and O–H groups in total. The monoisotopic (exact) mass is 501 g/mol. The van der Waals surface area contributed by atoms with Gasteiger partial charge in [-0.25, -0.2) is 12.7 Å². The molecule has 0 bridgehead atoms. The molecular formula is C27H39N3O4S. The first-order chi connectivity index (χ1) is 16.7. The topological polar surface area (TPSA) is 86.8 Å². The molecule has 0 spiro atoms. The molecule has 2 aromatic carbocycles. The van der Waals surface area contributed by atoms with Gasteiger partial charge in [-0.2, -0.15) is 0 Å². The van der Waals surface area contributed by atoms with E-state index in [9.17, 15) is 18.0 Å². The fourth-order valence-corrected chi connectivity index (χ4v) is 5.04. The third-order valence-electron chi connectivity index (χ3n) is 5.87. The molecule has 0 heterocycles. The standard InChI is InChI=1S/C27H39N3O4S/c1-5-25(27(32)28-21-22(2)3)30(20-18-23-13-8-6-9-14-23)26(31)17-12-19-29(4)35(33,34)24-15-10-7-11-16-24/h6-11,13-16,22,25H,5,12,17-21H2,1-4H3,(H,28,32)/t25-/m1/s1. The molecule has 2 rings (SSSR count). The van der Waals surface area contributed by atoms with Crippen LogP contribution in [0.15, 0.2) is 65.6 Å². The fraction of sp³-hybridized carbons (Fsp3) is 0.481. The van der Waals surface area contributed by atoms with Gasteiger partial charge in [0.1, 0.15) is 6.04 Å². The van der Waals surface area contributed by atoms with Gasteiger partial charge in [0.2, 0.25) is 21.8 Å². The predicted molar refractivity (Wildman–Crippen MR) is 139 cm³/mol. The lowest BCUT2D eigenvalue weighted by atomic mass is 10.1. The van der Waals surface area contributed by atoms with Crippen molar-refractivity contribution in [3.8, 4) is 0 Å². The normalized spacial score (nSPS) is 12.5. The van der Waals surface area contributed by atoms with Crippen molar-refractivity contribution in [2.45, 2.75) is 57.4 Å².